The lowest BCUT2D eigenvalue weighted by Gasteiger charge is -2.38. The number of benzene rings is 1. The number of anilines is 1. The summed E-state index contributed by atoms with van der Waals surface area (Å²) in [5.74, 6) is -13.1. The molecule has 28 nitrogen and oxygen atoms in total. The number of nitrogens with one attached hydrogen (secondary N) is 7. The zero-order valence-corrected chi connectivity index (χ0v) is 56.0. The number of hydrazine groups is 1. The Morgan fingerprint density at radius 2 is 1.33 bits per heavy atom. The fraction of sp³-hybridized carbons (Fsp3) is 0.627. The van der Waals surface area contributed by atoms with Crippen LogP contribution in [0.2, 0.25) is 0 Å². The number of carboxylic acids is 1. The van der Waals surface area contributed by atoms with Crippen LogP contribution in [0.15, 0.2) is 23.6 Å². The van der Waals surface area contributed by atoms with Crippen molar-refractivity contribution in [2.24, 2.45) is 17.8 Å². The molecule has 5 unspecified atom stereocenters. The standard InChI is InChI=1S/C59H88Cl2N12O16S/c1-16-31(4)49(69-58(87)59(11,12)70(13)14)55(83)71(15)42(30(2)3)26-44(88-37(10)74)54-68-41(29-90-54)53(82)66-39(23-32(5)56(84)85)24-38-17-18-43-40(25-38)67-52(81)35(8)64-50(79)33(6)62-45(75)19-21-72(47(77)27-60)73(48(78)28-61)22-20-46(76)63-34(7)51(80)65-36(9)57(86)89-43/h17-18,25,29-36,39,42,44,49H,16,19-24,26-28H2,1-15H3,(H,62,75)(H,63,76)(H,64,79)(H,65,80)(H,66,82)(H,67,81)(H,69,87)(H,84,85)/t31-,32?,33?,34?,35?,36?,39+,42+,44+,49-/m0/s1. The van der Waals surface area contributed by atoms with Crippen LogP contribution < -0.4 is 42.0 Å². The summed E-state index contributed by atoms with van der Waals surface area (Å²) in [7, 11) is 5.15. The monoisotopic (exact) mass is 1320 g/mol. The Morgan fingerprint density at radius 1 is 0.800 bits per heavy atom. The number of carbonyl (C=O) groups is 13. The molecule has 10 atom stereocenters. The van der Waals surface area contributed by atoms with Crippen LogP contribution >= 0.6 is 34.5 Å². The molecule has 0 aliphatic carbocycles. The highest BCUT2D eigenvalue weighted by Gasteiger charge is 2.39. The van der Waals surface area contributed by atoms with Gasteiger partial charge in [0.15, 0.2) is 11.9 Å². The third kappa shape index (κ3) is 22.5. The average Bonchev–Trinajstić information content (AvgIpc) is 3.42. The third-order valence-electron chi connectivity index (χ3n) is 15.4. The van der Waals surface area contributed by atoms with Crippen LogP contribution in [-0.2, 0) is 68.7 Å². The molecule has 2 aromatic rings. The first-order valence-corrected chi connectivity index (χ1v) is 31.4. The van der Waals surface area contributed by atoms with Gasteiger partial charge < -0.3 is 56.7 Å². The first kappa shape index (κ1) is 76.7. The van der Waals surface area contributed by atoms with Crippen molar-refractivity contribution >= 4 is 117 Å². The number of hydrogen-bond acceptors (Lipinski definition) is 18. The van der Waals surface area contributed by atoms with Crippen molar-refractivity contribution in [3.8, 4) is 5.75 Å². The van der Waals surface area contributed by atoms with Crippen LogP contribution in [0.4, 0.5) is 5.69 Å². The number of aliphatic carboxylic acids is 1. The Balaban J connectivity index is 2.03. The molecule has 1 aromatic carbocycles. The van der Waals surface area contributed by atoms with Crippen LogP contribution in [0.25, 0.3) is 0 Å². The van der Waals surface area contributed by atoms with Crippen molar-refractivity contribution < 1.29 is 76.9 Å². The van der Waals surface area contributed by atoms with Gasteiger partial charge in [0.1, 0.15) is 52.7 Å². The average molecular weight is 1320 g/mol. The summed E-state index contributed by atoms with van der Waals surface area (Å²) in [6, 6.07) is -3.55. The molecule has 2 heterocycles. The summed E-state index contributed by atoms with van der Waals surface area (Å²) in [4.78, 5) is 182. The molecule has 0 fully saturated rings. The summed E-state index contributed by atoms with van der Waals surface area (Å²) >= 11 is 12.7. The predicted octanol–water partition coefficient (Wildman–Crippen LogP) is 2.65. The smallest absolute Gasteiger partial charge is 0.333 e. The van der Waals surface area contributed by atoms with Gasteiger partial charge >= 0.3 is 17.9 Å². The lowest BCUT2D eigenvalue weighted by atomic mass is 9.92. The predicted molar refractivity (Wildman–Crippen MR) is 333 cm³/mol. The molecule has 0 spiro atoms. The second-order valence-corrected chi connectivity index (χ2v) is 24.8. The summed E-state index contributed by atoms with van der Waals surface area (Å²) in [6.45, 7) is 18.0. The molecule has 0 saturated heterocycles. The molecule has 1 aliphatic rings. The van der Waals surface area contributed by atoms with Crippen molar-refractivity contribution in [3.63, 3.8) is 0 Å². The molecule has 0 saturated carbocycles. The second kappa shape index (κ2) is 35.2. The molecule has 0 radical (unpaired) electrons. The molecule has 31 heteroatoms. The number of esters is 2. The van der Waals surface area contributed by atoms with Gasteiger partial charge in [-0.2, -0.15) is 0 Å². The fourth-order valence-corrected chi connectivity index (χ4v) is 10.2. The maximum atomic E-state index is 14.4. The van der Waals surface area contributed by atoms with Crippen molar-refractivity contribution in [1.29, 1.82) is 0 Å². The molecule has 1 aromatic heterocycles. The molecular weight excluding hydrogens is 1240 g/mol. The Hall–Kier alpha value is -7.50. The maximum Gasteiger partial charge on any atom is 0.333 e. The molecule has 500 valence electrons. The number of carbonyl (C=O) groups excluding carboxylic acids is 12. The highest BCUT2D eigenvalue weighted by molar-refractivity contribution is 7.09. The summed E-state index contributed by atoms with van der Waals surface area (Å²) in [6.07, 6.45) is -1.62. The van der Waals surface area contributed by atoms with E-state index in [4.69, 9.17) is 32.7 Å². The van der Waals surface area contributed by atoms with Gasteiger partial charge in [-0.25, -0.2) is 19.8 Å². The van der Waals surface area contributed by atoms with Gasteiger partial charge in [-0.1, -0.05) is 47.1 Å². The minimum absolute atomic E-state index is 0.0529. The quantitative estimate of drug-likeness (QED) is 0.0506. The van der Waals surface area contributed by atoms with Crippen molar-refractivity contribution in [2.75, 3.05) is 51.3 Å². The Morgan fingerprint density at radius 3 is 1.82 bits per heavy atom. The highest BCUT2D eigenvalue weighted by Crippen LogP contribution is 2.32. The Kier molecular flexibility index (Phi) is 30.0. The van der Waals surface area contributed by atoms with E-state index >= 15 is 0 Å². The summed E-state index contributed by atoms with van der Waals surface area (Å²) in [5.41, 5.74) is -0.855. The van der Waals surface area contributed by atoms with Gasteiger partial charge in [-0.3, -0.25) is 62.4 Å². The van der Waals surface area contributed by atoms with Gasteiger partial charge in [0.05, 0.1) is 30.2 Å². The first-order valence-electron chi connectivity index (χ1n) is 29.5. The van der Waals surface area contributed by atoms with E-state index in [0.717, 1.165) is 21.4 Å². The summed E-state index contributed by atoms with van der Waals surface area (Å²) < 4.78 is 11.5. The molecule has 10 amide bonds. The summed E-state index contributed by atoms with van der Waals surface area (Å²) in [5, 5.41) is 31.6. The van der Waals surface area contributed by atoms with Crippen molar-refractivity contribution in [1.82, 2.24) is 56.7 Å². The Bertz CT molecular complexity index is 2950. The zero-order chi connectivity index (χ0) is 68.2. The van der Waals surface area contributed by atoms with Gasteiger partial charge in [0, 0.05) is 50.7 Å². The molecule has 8 N–H and O–H groups in total. The van der Waals surface area contributed by atoms with E-state index in [1.54, 1.807) is 44.8 Å². The number of likely N-dealkylation sites (N-methyl/N-ethyl adjacent to an activating group) is 2. The Labute approximate surface area is 538 Å². The van der Waals surface area contributed by atoms with Gasteiger partial charge in [0.25, 0.3) is 17.7 Å². The van der Waals surface area contributed by atoms with E-state index in [2.05, 4.69) is 42.2 Å². The third-order valence-corrected chi connectivity index (χ3v) is 16.8. The van der Waals surface area contributed by atoms with Crippen LogP contribution in [0.3, 0.4) is 0 Å². The second-order valence-electron chi connectivity index (χ2n) is 23.4. The number of ether oxygens (including phenoxy) is 2. The first-order chi connectivity index (χ1) is 42.0. The highest BCUT2D eigenvalue weighted by atomic mass is 35.5. The van der Waals surface area contributed by atoms with Gasteiger partial charge in [0.2, 0.25) is 41.4 Å². The van der Waals surface area contributed by atoms with E-state index in [1.165, 1.54) is 65.1 Å². The normalized spacial score (nSPS) is 19.9. The lowest BCUT2D eigenvalue weighted by Crippen LogP contribution is -2.60. The van der Waals surface area contributed by atoms with E-state index in [9.17, 15) is 67.4 Å². The maximum absolute atomic E-state index is 14.4. The van der Waals surface area contributed by atoms with Crippen LogP contribution in [-0.4, -0.2) is 201 Å². The number of aromatic nitrogens is 1. The number of fused-ring (bicyclic) bond motifs is 1. The number of halogens is 2. The van der Waals surface area contributed by atoms with Crippen LogP contribution in [0, 0.1) is 17.8 Å². The number of nitrogens with zero attached hydrogens (tertiary/aromatic N) is 5. The van der Waals surface area contributed by atoms with E-state index in [1.807, 2.05) is 27.7 Å². The van der Waals surface area contributed by atoms with Gasteiger partial charge in [-0.05, 0) is 98.0 Å². The minimum atomic E-state index is -1.39. The van der Waals surface area contributed by atoms with E-state index in [0.29, 0.717) is 12.0 Å². The van der Waals surface area contributed by atoms with Crippen molar-refractivity contribution in [2.45, 2.75) is 176 Å². The molecule has 0 bridgehead atoms. The number of rotatable bonds is 21. The molecule has 3 rings (SSSR count). The number of carboxylic acid groups (broad SMARTS) is 1. The van der Waals surface area contributed by atoms with E-state index < -0.39 is 163 Å². The number of alkyl halides is 2. The van der Waals surface area contributed by atoms with Crippen molar-refractivity contribution in [3.05, 3.63) is 39.8 Å². The lowest BCUT2D eigenvalue weighted by molar-refractivity contribution is -0.162. The molecule has 1 aliphatic heterocycles. The fourth-order valence-electron chi connectivity index (χ4n) is 9.09. The van der Waals surface area contributed by atoms with E-state index in [-0.39, 0.29) is 65.1 Å². The van der Waals surface area contributed by atoms with Crippen LogP contribution in [0.1, 0.15) is 142 Å². The molecule has 90 heavy (non-hydrogen) atoms. The SMILES string of the molecule is CC[C@H](C)[C@H](NC(=O)C(C)(C)N(C)C)C(=O)N(C)[C@H](C[C@@H](OC(C)=O)c1nc(C(=O)N[C@@H](Cc2ccc3c(c2)NC(=O)C(C)NC(=O)C(C)NC(=O)CCN(C(=O)CCl)N(C(=O)CCl)CCC(=O)NC(C)C(=O)NC(C)C(=O)O3)CC(C)C(=O)O)cs1)C(C)C. The van der Waals surface area contributed by atoms with Gasteiger partial charge in [-0.15, -0.1) is 34.5 Å². The number of amides is 10. The number of thiazole rings is 1. The topological polar surface area (TPSA) is 371 Å². The largest absolute Gasteiger partial charge is 0.481 e. The minimum Gasteiger partial charge on any atom is -0.481 e. The van der Waals surface area contributed by atoms with Crippen LogP contribution in [0.5, 0.6) is 5.75 Å². The zero-order valence-electron chi connectivity index (χ0n) is 53.7. The molecular formula is C59H88Cl2N12O16S. The number of hydrogen-bond donors (Lipinski definition) is 8.